The van der Waals surface area contributed by atoms with Crippen LogP contribution in [0.2, 0.25) is 5.02 Å². The predicted octanol–water partition coefficient (Wildman–Crippen LogP) is 4.67. The van der Waals surface area contributed by atoms with Crippen LogP contribution >= 0.6 is 11.6 Å². The highest BCUT2D eigenvalue weighted by Gasteiger charge is 2.18. The molecule has 0 unspecified atom stereocenters. The van der Waals surface area contributed by atoms with E-state index in [1.54, 1.807) is 18.2 Å². The van der Waals surface area contributed by atoms with Gasteiger partial charge in [0.25, 0.3) is 0 Å². The van der Waals surface area contributed by atoms with Gasteiger partial charge in [-0.05, 0) is 30.4 Å². The van der Waals surface area contributed by atoms with E-state index in [1.165, 1.54) is 25.7 Å². The van der Waals surface area contributed by atoms with Crippen molar-refractivity contribution in [1.29, 1.82) is 0 Å². The third-order valence-corrected chi connectivity index (χ3v) is 4.55. The molecule has 3 nitrogen and oxygen atoms in total. The number of carbonyl (C=O) groups is 1. The summed E-state index contributed by atoms with van der Waals surface area (Å²) in [4.78, 5) is 11.2. The van der Waals surface area contributed by atoms with Gasteiger partial charge in [0.2, 0.25) is 0 Å². The Morgan fingerprint density at radius 2 is 2.05 bits per heavy atom. The van der Waals surface area contributed by atoms with E-state index in [0.717, 1.165) is 24.8 Å². The molecule has 0 bridgehead atoms. The highest BCUT2D eigenvalue weighted by Crippen LogP contribution is 2.30. The molecule has 4 heteroatoms. The van der Waals surface area contributed by atoms with Gasteiger partial charge in [0, 0.05) is 6.54 Å². The normalized spacial score (nSPS) is 22.5. The summed E-state index contributed by atoms with van der Waals surface area (Å²) in [6.45, 7) is 3.12. The van der Waals surface area contributed by atoms with Crippen LogP contribution in [0.25, 0.3) is 0 Å². The number of hydrogen-bond donors (Lipinski definition) is 2. The Bertz CT molecular complexity index is 468. The molecule has 0 atom stereocenters. The molecule has 1 aliphatic carbocycles. The van der Waals surface area contributed by atoms with Crippen LogP contribution in [-0.4, -0.2) is 17.6 Å². The van der Waals surface area contributed by atoms with Crippen molar-refractivity contribution in [1.82, 2.24) is 0 Å². The first-order chi connectivity index (χ1) is 9.58. The number of aromatic carboxylic acids is 1. The minimum Gasteiger partial charge on any atom is -0.478 e. The molecule has 20 heavy (non-hydrogen) atoms. The Hall–Kier alpha value is -1.22. The van der Waals surface area contributed by atoms with Crippen molar-refractivity contribution in [3.05, 3.63) is 28.8 Å². The van der Waals surface area contributed by atoms with Gasteiger partial charge < -0.3 is 10.4 Å². The van der Waals surface area contributed by atoms with Gasteiger partial charge in [-0.2, -0.15) is 0 Å². The van der Waals surface area contributed by atoms with Gasteiger partial charge >= 0.3 is 5.97 Å². The van der Waals surface area contributed by atoms with Crippen LogP contribution in [0.5, 0.6) is 0 Å². The van der Waals surface area contributed by atoms with Crippen molar-refractivity contribution in [2.45, 2.75) is 39.0 Å². The molecule has 1 fully saturated rings. The van der Waals surface area contributed by atoms with Gasteiger partial charge in [0.1, 0.15) is 5.56 Å². The predicted molar refractivity (Wildman–Crippen MR) is 82.6 cm³/mol. The van der Waals surface area contributed by atoms with Crippen LogP contribution in [0.3, 0.4) is 0 Å². The Morgan fingerprint density at radius 1 is 1.35 bits per heavy atom. The molecule has 2 rings (SSSR count). The van der Waals surface area contributed by atoms with Gasteiger partial charge in [-0.1, -0.05) is 50.3 Å². The number of halogens is 1. The minimum absolute atomic E-state index is 0.173. The lowest BCUT2D eigenvalue weighted by Crippen LogP contribution is -2.16. The van der Waals surface area contributed by atoms with Gasteiger partial charge in [-0.3, -0.25) is 0 Å². The first-order valence-corrected chi connectivity index (χ1v) is 7.71. The second-order valence-electron chi connectivity index (χ2n) is 5.81. The Labute approximate surface area is 125 Å². The van der Waals surface area contributed by atoms with E-state index < -0.39 is 5.97 Å². The van der Waals surface area contributed by atoms with E-state index in [9.17, 15) is 9.90 Å². The first kappa shape index (κ1) is 15.2. The number of benzene rings is 1. The molecule has 0 aliphatic heterocycles. The molecular weight excluding hydrogens is 274 g/mol. The molecule has 1 aromatic carbocycles. The topological polar surface area (TPSA) is 49.3 Å². The average Bonchev–Trinajstić information content (AvgIpc) is 2.40. The van der Waals surface area contributed by atoms with Crippen LogP contribution < -0.4 is 5.32 Å². The van der Waals surface area contributed by atoms with Gasteiger partial charge in [-0.15, -0.1) is 0 Å². The third kappa shape index (κ3) is 3.89. The summed E-state index contributed by atoms with van der Waals surface area (Å²) in [5.74, 6) is 0.654. The molecule has 0 saturated heterocycles. The zero-order valence-electron chi connectivity index (χ0n) is 11.9. The van der Waals surface area contributed by atoms with Crippen LogP contribution in [0, 0.1) is 11.8 Å². The zero-order valence-corrected chi connectivity index (χ0v) is 12.6. The Balaban J connectivity index is 1.88. The molecular formula is C16H22ClNO2. The second kappa shape index (κ2) is 6.98. The summed E-state index contributed by atoms with van der Waals surface area (Å²) in [6, 6.07) is 5.16. The fourth-order valence-corrected chi connectivity index (χ4v) is 3.17. The summed E-state index contributed by atoms with van der Waals surface area (Å²) >= 11 is 5.95. The maximum Gasteiger partial charge on any atom is 0.339 e. The fourth-order valence-electron chi connectivity index (χ4n) is 2.92. The molecule has 110 valence electrons. The van der Waals surface area contributed by atoms with Crippen molar-refractivity contribution < 1.29 is 9.90 Å². The third-order valence-electron chi connectivity index (χ3n) is 4.23. The molecule has 1 saturated carbocycles. The molecule has 0 amide bonds. The Morgan fingerprint density at radius 3 is 2.70 bits per heavy atom. The average molecular weight is 296 g/mol. The van der Waals surface area contributed by atoms with Crippen LogP contribution in [0.1, 0.15) is 49.4 Å². The number of nitrogens with one attached hydrogen (secondary N) is 1. The molecule has 1 aliphatic rings. The van der Waals surface area contributed by atoms with E-state index >= 15 is 0 Å². The number of hydrogen-bond acceptors (Lipinski definition) is 2. The molecule has 2 N–H and O–H groups in total. The van der Waals surface area contributed by atoms with Gasteiger partial charge in [-0.25, -0.2) is 4.79 Å². The van der Waals surface area contributed by atoms with Crippen LogP contribution in [0.4, 0.5) is 5.69 Å². The van der Waals surface area contributed by atoms with Crippen molar-refractivity contribution in [2.75, 3.05) is 11.9 Å². The van der Waals surface area contributed by atoms with E-state index in [-0.39, 0.29) is 10.6 Å². The van der Waals surface area contributed by atoms with Crippen molar-refractivity contribution in [3.8, 4) is 0 Å². The van der Waals surface area contributed by atoms with Gasteiger partial charge in [0.05, 0.1) is 10.7 Å². The van der Waals surface area contributed by atoms with Crippen molar-refractivity contribution in [3.63, 3.8) is 0 Å². The lowest BCUT2D eigenvalue weighted by atomic mass is 9.81. The van der Waals surface area contributed by atoms with E-state index in [4.69, 9.17) is 11.6 Å². The molecule has 0 radical (unpaired) electrons. The monoisotopic (exact) mass is 295 g/mol. The number of rotatable bonds is 5. The van der Waals surface area contributed by atoms with Crippen molar-refractivity contribution in [2.24, 2.45) is 11.8 Å². The quantitative estimate of drug-likeness (QED) is 0.830. The smallest absolute Gasteiger partial charge is 0.339 e. The molecule has 0 heterocycles. The van der Waals surface area contributed by atoms with E-state index in [1.807, 2.05) is 0 Å². The largest absolute Gasteiger partial charge is 0.478 e. The number of carboxylic acid groups (broad SMARTS) is 1. The summed E-state index contributed by atoms with van der Waals surface area (Å²) in [5, 5.41) is 12.7. The zero-order chi connectivity index (χ0) is 14.5. The standard InChI is InChI=1S/C16H22ClNO2/c1-11-5-7-12(8-6-11)9-10-18-14-4-2-3-13(17)15(14)16(19)20/h2-4,11-12,18H,5-10H2,1H3,(H,19,20). The second-order valence-corrected chi connectivity index (χ2v) is 6.22. The summed E-state index contributed by atoms with van der Waals surface area (Å²) in [5.41, 5.74) is 0.792. The highest BCUT2D eigenvalue weighted by molar-refractivity contribution is 6.34. The highest BCUT2D eigenvalue weighted by atomic mass is 35.5. The first-order valence-electron chi connectivity index (χ1n) is 7.33. The summed E-state index contributed by atoms with van der Waals surface area (Å²) < 4.78 is 0. The number of anilines is 1. The molecule has 0 spiro atoms. The maximum absolute atomic E-state index is 11.2. The van der Waals surface area contributed by atoms with E-state index in [2.05, 4.69) is 12.2 Å². The lowest BCUT2D eigenvalue weighted by Gasteiger charge is -2.26. The maximum atomic E-state index is 11.2. The minimum atomic E-state index is -0.982. The van der Waals surface area contributed by atoms with Crippen LogP contribution in [0.15, 0.2) is 18.2 Å². The number of carboxylic acids is 1. The van der Waals surface area contributed by atoms with Crippen molar-refractivity contribution >= 4 is 23.3 Å². The van der Waals surface area contributed by atoms with Crippen LogP contribution in [-0.2, 0) is 0 Å². The Kier molecular flexibility index (Phi) is 5.30. The summed E-state index contributed by atoms with van der Waals surface area (Å²) in [7, 11) is 0. The summed E-state index contributed by atoms with van der Waals surface area (Å²) in [6.07, 6.45) is 6.33. The SMILES string of the molecule is CC1CCC(CCNc2cccc(Cl)c2C(=O)O)CC1. The molecule has 0 aromatic heterocycles. The van der Waals surface area contributed by atoms with Gasteiger partial charge in [0.15, 0.2) is 0 Å². The fraction of sp³-hybridized carbons (Fsp3) is 0.562. The lowest BCUT2D eigenvalue weighted by molar-refractivity contribution is 0.0698. The van der Waals surface area contributed by atoms with E-state index in [0.29, 0.717) is 5.69 Å². The molecule has 1 aromatic rings.